The van der Waals surface area contributed by atoms with Crippen molar-refractivity contribution in [1.29, 1.82) is 0 Å². The van der Waals surface area contributed by atoms with Gasteiger partial charge in [-0.3, -0.25) is 0 Å². The zero-order valence-electron chi connectivity index (χ0n) is 24.0. The van der Waals surface area contributed by atoms with Gasteiger partial charge in [-0.15, -0.1) is 0 Å². The number of guanidine groups is 1. The Hall–Kier alpha value is -2.86. The molecule has 0 aromatic heterocycles. The van der Waals surface area contributed by atoms with Gasteiger partial charge in [0.2, 0.25) is 6.23 Å². The molecule has 4 aliphatic heterocycles. The summed E-state index contributed by atoms with van der Waals surface area (Å²) in [6, 6.07) is 19.5. The fraction of sp³-hybridized carbons (Fsp3) is 0.344. The van der Waals surface area contributed by atoms with Crippen molar-refractivity contribution in [3.8, 4) is 11.5 Å². The summed E-state index contributed by atoms with van der Waals surface area (Å²) in [7, 11) is -4.71. The number of nitrogens with zero attached hydrogens (tertiary/aromatic N) is 1. The quantitative estimate of drug-likeness (QED) is 0.111. The van der Waals surface area contributed by atoms with Crippen LogP contribution in [0.4, 0.5) is 0 Å². The van der Waals surface area contributed by atoms with Crippen LogP contribution in [0.1, 0.15) is 65.3 Å². The molecule has 2 aliphatic carbocycles. The molecule has 3 aromatic carbocycles. The maximum absolute atomic E-state index is 13.0. The van der Waals surface area contributed by atoms with E-state index in [2.05, 4.69) is 4.99 Å². The van der Waals surface area contributed by atoms with E-state index in [0.29, 0.717) is 29.7 Å². The molecular weight excluding hydrogens is 577 g/mol. The van der Waals surface area contributed by atoms with E-state index in [1.165, 1.54) is 12.1 Å². The minimum Gasteiger partial charge on any atom is -0.748 e. The number of phenols is 1. The van der Waals surface area contributed by atoms with Crippen LogP contribution in [0, 0.1) is 11.8 Å². The van der Waals surface area contributed by atoms with Crippen LogP contribution in [-0.2, 0) is 23.0 Å². The van der Waals surface area contributed by atoms with Crippen LogP contribution in [0.15, 0.2) is 83.4 Å². The van der Waals surface area contributed by atoms with Crippen molar-refractivity contribution in [1.82, 2.24) is 0 Å². The van der Waals surface area contributed by atoms with Gasteiger partial charge in [-0.25, -0.2) is 13.4 Å². The van der Waals surface area contributed by atoms with Gasteiger partial charge in [0, 0.05) is 5.56 Å². The molecular formula is C32H34N3NaO6S. The maximum Gasteiger partial charge on any atom is 1.00 e. The van der Waals surface area contributed by atoms with Crippen LogP contribution < -0.4 is 45.8 Å². The zero-order valence-corrected chi connectivity index (χ0v) is 26.8. The molecule has 9 nitrogen and oxygen atoms in total. The van der Waals surface area contributed by atoms with E-state index in [4.69, 9.17) is 16.2 Å². The molecule has 43 heavy (non-hydrogen) atoms. The second-order valence-corrected chi connectivity index (χ2v) is 13.1. The molecule has 220 valence electrons. The van der Waals surface area contributed by atoms with E-state index >= 15 is 0 Å². The average molecular weight is 612 g/mol. The van der Waals surface area contributed by atoms with Gasteiger partial charge < -0.3 is 31.0 Å². The van der Waals surface area contributed by atoms with Gasteiger partial charge in [0.05, 0.1) is 15.4 Å². The smallest absolute Gasteiger partial charge is 0.748 e. The molecule has 9 rings (SSSR count). The summed E-state index contributed by atoms with van der Waals surface area (Å²) >= 11 is 0. The second-order valence-electron chi connectivity index (χ2n) is 11.5. The molecule has 0 saturated heterocycles. The number of hydrogen-bond donors (Lipinski definition) is 4. The third-order valence-electron chi connectivity index (χ3n) is 8.94. The first kappa shape index (κ1) is 31.6. The summed E-state index contributed by atoms with van der Waals surface area (Å²) in [6.07, 6.45) is 2.68. The first-order valence-electron chi connectivity index (χ1n) is 14.2. The molecule has 0 amide bonds. The molecule has 0 spiro atoms. The summed E-state index contributed by atoms with van der Waals surface area (Å²) in [5.41, 5.74) is 16.5. The number of benzene rings is 3. The van der Waals surface area contributed by atoms with Crippen LogP contribution in [0.25, 0.3) is 0 Å². The van der Waals surface area contributed by atoms with Gasteiger partial charge >= 0.3 is 29.6 Å². The van der Waals surface area contributed by atoms with Crippen molar-refractivity contribution in [3.63, 3.8) is 0 Å². The summed E-state index contributed by atoms with van der Waals surface area (Å²) in [5, 5.41) is 19.9. The number of ether oxygens (including phenoxy) is 1. The Balaban J connectivity index is 0.00000368. The number of nitrogens with two attached hydrogens (primary N) is 2. The summed E-state index contributed by atoms with van der Waals surface area (Å²) < 4.78 is 45.0. The van der Waals surface area contributed by atoms with Gasteiger partial charge in [-0.1, -0.05) is 42.5 Å². The summed E-state index contributed by atoms with van der Waals surface area (Å²) in [6.45, 7) is 0. The molecule has 6 bridgehead atoms. The van der Waals surface area contributed by atoms with Crippen molar-refractivity contribution in [3.05, 3.63) is 106 Å². The molecule has 6 unspecified atom stereocenters. The van der Waals surface area contributed by atoms with Gasteiger partial charge in [-0.05, 0) is 108 Å². The number of phenolic OH excluding ortho intramolecular Hbond substituents is 1. The fourth-order valence-corrected chi connectivity index (χ4v) is 8.03. The molecule has 0 fully saturated rings. The van der Waals surface area contributed by atoms with E-state index in [1.807, 2.05) is 36.4 Å². The normalized spacial score (nSPS) is 25.3. The number of hydrogen-bond acceptors (Lipinski definition) is 7. The Morgan fingerprint density at radius 1 is 1.00 bits per heavy atom. The van der Waals surface area contributed by atoms with Gasteiger partial charge in [0.1, 0.15) is 17.6 Å². The Kier molecular flexibility index (Phi) is 9.27. The average Bonchev–Trinajstić information content (AvgIpc) is 2.96. The number of aryl methyl sites for hydroxylation is 2. The molecule has 0 saturated carbocycles. The third-order valence-corrected chi connectivity index (χ3v) is 10.2. The Labute approximate surface area is 273 Å². The topological polar surface area (TPSA) is 171 Å². The van der Waals surface area contributed by atoms with E-state index in [-0.39, 0.29) is 59.5 Å². The third kappa shape index (κ3) is 6.64. The van der Waals surface area contributed by atoms with Gasteiger partial charge in [0.25, 0.3) is 0 Å². The zero-order chi connectivity index (χ0) is 29.6. The minimum absolute atomic E-state index is 0. The van der Waals surface area contributed by atoms with Crippen LogP contribution >= 0.6 is 0 Å². The standard InChI is InChI=1S/C32H35N3O6S.Na/c33-32(34)35-31-22-8-13-26-20(15-22)4-5-21-16-23(30(37)19-6-9-24(36)10-7-19)17-27(29(21)26)28(42(38,39)40)14-3-18-1-11-25(41-31)12-2-18;/h1-2,6-13,15,17,21,27-31,36-37H,3-5,14,16H2,(H4,33,34,35)(H,38,39,40);/q;+1/p-1. The van der Waals surface area contributed by atoms with Crippen LogP contribution in [-0.4, -0.2) is 34.4 Å². The number of aliphatic imine (C=N–C) groups is 1. The number of rotatable bonds is 4. The number of aliphatic hydroxyl groups excluding tert-OH is 1. The Morgan fingerprint density at radius 2 is 1.72 bits per heavy atom. The Morgan fingerprint density at radius 3 is 2.40 bits per heavy atom. The Bertz CT molecular complexity index is 1640. The minimum atomic E-state index is -4.71. The van der Waals surface area contributed by atoms with Gasteiger partial charge in [-0.2, -0.15) is 0 Å². The number of aromatic hydroxyl groups is 1. The first-order chi connectivity index (χ1) is 20.1. The molecule has 6 N–H and O–H groups in total. The first-order valence-corrected chi connectivity index (χ1v) is 15.6. The van der Waals surface area contributed by atoms with Crippen molar-refractivity contribution in [2.45, 2.75) is 55.6 Å². The molecule has 6 atom stereocenters. The molecule has 6 aliphatic rings. The van der Waals surface area contributed by atoms with E-state index < -0.39 is 33.6 Å². The van der Waals surface area contributed by atoms with Crippen molar-refractivity contribution in [2.75, 3.05) is 0 Å². The fourth-order valence-electron chi connectivity index (χ4n) is 6.99. The van der Waals surface area contributed by atoms with Gasteiger partial charge in [0.15, 0.2) is 5.96 Å². The van der Waals surface area contributed by atoms with E-state index in [0.717, 1.165) is 35.1 Å². The van der Waals surface area contributed by atoms with E-state index in [9.17, 15) is 23.2 Å². The van der Waals surface area contributed by atoms with Crippen LogP contribution in [0.3, 0.4) is 0 Å². The molecule has 4 heterocycles. The number of allylic oxidation sites excluding steroid dienone is 1. The summed E-state index contributed by atoms with van der Waals surface area (Å²) in [5.74, 6) is -0.281. The van der Waals surface area contributed by atoms with Crippen molar-refractivity contribution < 1.29 is 57.5 Å². The maximum atomic E-state index is 13.0. The predicted molar refractivity (Wildman–Crippen MR) is 158 cm³/mol. The predicted octanol–water partition coefficient (Wildman–Crippen LogP) is 0.933. The largest absolute Gasteiger partial charge is 1.00 e. The molecule has 3 aromatic rings. The van der Waals surface area contributed by atoms with Crippen LogP contribution in [0.5, 0.6) is 11.5 Å². The molecule has 0 radical (unpaired) electrons. The van der Waals surface area contributed by atoms with Crippen molar-refractivity contribution >= 4 is 16.1 Å². The van der Waals surface area contributed by atoms with Crippen molar-refractivity contribution in [2.24, 2.45) is 28.3 Å². The number of aliphatic hydroxyl groups is 1. The second kappa shape index (κ2) is 12.6. The van der Waals surface area contributed by atoms with E-state index in [1.54, 1.807) is 24.3 Å². The van der Waals surface area contributed by atoms with Crippen LogP contribution in [0.2, 0.25) is 0 Å². The monoisotopic (exact) mass is 611 g/mol. The molecule has 11 heteroatoms. The SMILES string of the molecule is NC(N)=NC1Oc2ccc(cc2)CCC(S(=O)(=O)[O-])C2C=C(C(O)c3ccc(O)cc3)CC3CCc4cc1ccc4C32.[Na+]. The summed E-state index contributed by atoms with van der Waals surface area (Å²) in [4.78, 5) is 4.33.